The highest BCUT2D eigenvalue weighted by atomic mass is 79.9. The van der Waals surface area contributed by atoms with E-state index in [0.29, 0.717) is 20.8 Å². The van der Waals surface area contributed by atoms with E-state index in [2.05, 4.69) is 15.9 Å². The Morgan fingerprint density at radius 2 is 2.15 bits per heavy atom. The second kappa shape index (κ2) is 7.94. The van der Waals surface area contributed by atoms with Gasteiger partial charge in [0.05, 0.1) is 36.0 Å². The third-order valence-electron chi connectivity index (χ3n) is 3.97. The molecule has 0 aliphatic carbocycles. The largest absolute Gasteiger partial charge is 0.497 e. The van der Waals surface area contributed by atoms with Crippen molar-refractivity contribution in [3.8, 4) is 5.75 Å². The van der Waals surface area contributed by atoms with E-state index in [1.54, 1.807) is 24.1 Å². The second-order valence-corrected chi connectivity index (χ2v) is 8.28. The number of carboxylic acid groups (broad SMARTS) is 1. The zero-order valence-corrected chi connectivity index (χ0v) is 17.0. The summed E-state index contributed by atoms with van der Waals surface area (Å²) in [5.41, 5.74) is 1.31. The Morgan fingerprint density at radius 3 is 2.81 bits per heavy atom. The summed E-state index contributed by atoms with van der Waals surface area (Å²) < 4.78 is 20.2. The number of rotatable bonds is 5. The number of nitrogens with zero attached hydrogens (tertiary/aromatic N) is 1. The molecule has 3 rings (SSSR count). The fourth-order valence-corrected chi connectivity index (χ4v) is 4.67. The molecule has 2 aromatic carbocycles. The maximum Gasteiger partial charge on any atom is 0.304 e. The maximum atomic E-state index is 14.3. The summed E-state index contributed by atoms with van der Waals surface area (Å²) in [5.74, 6) is -0.593. The topological polar surface area (TPSA) is 49.8 Å². The molecule has 0 saturated carbocycles. The first kappa shape index (κ1) is 19.1. The van der Waals surface area contributed by atoms with Gasteiger partial charge in [-0.15, -0.1) is 11.8 Å². The van der Waals surface area contributed by atoms with Crippen LogP contribution >= 0.6 is 39.9 Å². The summed E-state index contributed by atoms with van der Waals surface area (Å²) in [4.78, 5) is 14.4. The Labute approximate surface area is 168 Å². The Kier molecular flexibility index (Phi) is 5.84. The molecule has 1 N–H and O–H groups in total. The Bertz CT molecular complexity index is 878. The van der Waals surface area contributed by atoms with Crippen LogP contribution in [0.25, 0.3) is 0 Å². The number of thiocarbonyl (C=S) groups is 1. The molecule has 0 radical (unpaired) electrons. The van der Waals surface area contributed by atoms with Crippen LogP contribution in [0.2, 0.25) is 0 Å². The number of thioether (sulfide) groups is 1. The number of fused-ring (bicyclic) bond motifs is 1. The first-order chi connectivity index (χ1) is 12.4. The molecule has 1 atom stereocenters. The van der Waals surface area contributed by atoms with Gasteiger partial charge in [-0.2, -0.15) is 0 Å². The Morgan fingerprint density at radius 1 is 1.38 bits per heavy atom. The van der Waals surface area contributed by atoms with E-state index in [1.807, 2.05) is 18.2 Å². The molecular formula is C18H15BrFNO3S2. The van der Waals surface area contributed by atoms with Gasteiger partial charge >= 0.3 is 5.97 Å². The van der Waals surface area contributed by atoms with Crippen LogP contribution in [-0.4, -0.2) is 28.4 Å². The van der Waals surface area contributed by atoms with Crippen molar-refractivity contribution in [3.63, 3.8) is 0 Å². The summed E-state index contributed by atoms with van der Waals surface area (Å²) in [5, 5.41) is 8.80. The highest BCUT2D eigenvalue weighted by Gasteiger charge is 2.32. The van der Waals surface area contributed by atoms with E-state index < -0.39 is 11.2 Å². The first-order valence-electron chi connectivity index (χ1n) is 7.71. The van der Waals surface area contributed by atoms with Crippen LogP contribution in [0.3, 0.4) is 0 Å². The fourth-order valence-electron chi connectivity index (χ4n) is 2.71. The lowest BCUT2D eigenvalue weighted by Gasteiger charge is -2.36. The number of methoxy groups -OCH3 is 1. The predicted octanol–water partition coefficient (Wildman–Crippen LogP) is 4.88. The zero-order valence-electron chi connectivity index (χ0n) is 13.7. The lowest BCUT2D eigenvalue weighted by Crippen LogP contribution is -2.40. The molecule has 26 heavy (non-hydrogen) atoms. The molecule has 0 spiro atoms. The van der Waals surface area contributed by atoms with Gasteiger partial charge < -0.3 is 14.7 Å². The molecule has 0 saturated heterocycles. The highest BCUT2D eigenvalue weighted by molar-refractivity contribution is 9.10. The van der Waals surface area contributed by atoms with Crippen LogP contribution < -0.4 is 9.64 Å². The van der Waals surface area contributed by atoms with E-state index in [1.165, 1.54) is 17.8 Å². The van der Waals surface area contributed by atoms with Crippen molar-refractivity contribution in [2.75, 3.05) is 12.0 Å². The lowest BCUT2D eigenvalue weighted by atomic mass is 10.1. The molecule has 1 unspecified atom stereocenters. The summed E-state index contributed by atoms with van der Waals surface area (Å²) in [6, 6.07) is 10.4. The van der Waals surface area contributed by atoms with Crippen LogP contribution in [0, 0.1) is 5.82 Å². The predicted molar refractivity (Wildman–Crippen MR) is 108 cm³/mol. The molecule has 136 valence electrons. The molecule has 0 amide bonds. The van der Waals surface area contributed by atoms with Crippen molar-refractivity contribution >= 4 is 56.6 Å². The molecule has 0 fully saturated rings. The minimum atomic E-state index is -0.925. The number of ether oxygens (including phenoxy) is 1. The first-order valence-corrected chi connectivity index (χ1v) is 9.79. The standard InChI is InChI=1S/C18H15BrFNO3S2/c1-24-12-4-5-14-15(7-12)26-16(8-17(22)23)18(25)21(14)9-10-2-3-11(19)6-13(10)20/h2-7,16H,8-9H2,1H3,(H,22,23). The van der Waals surface area contributed by atoms with Gasteiger partial charge in [0.1, 0.15) is 11.6 Å². The summed E-state index contributed by atoms with van der Waals surface area (Å²) >= 11 is 10.2. The smallest absolute Gasteiger partial charge is 0.304 e. The van der Waals surface area contributed by atoms with Crippen LogP contribution in [0.4, 0.5) is 10.1 Å². The molecule has 8 heteroatoms. The number of aliphatic carboxylic acids is 1. The van der Waals surface area contributed by atoms with Crippen LogP contribution in [0.5, 0.6) is 5.75 Å². The summed E-state index contributed by atoms with van der Waals surface area (Å²) in [6.07, 6.45) is -0.0977. The van der Waals surface area contributed by atoms with E-state index in [4.69, 9.17) is 17.0 Å². The summed E-state index contributed by atoms with van der Waals surface area (Å²) in [7, 11) is 1.57. The minimum absolute atomic E-state index is 0.0977. The minimum Gasteiger partial charge on any atom is -0.497 e. The van der Waals surface area contributed by atoms with Crippen molar-refractivity contribution in [2.24, 2.45) is 0 Å². The number of hydrogen-bond donors (Lipinski definition) is 1. The Hall–Kier alpha value is -1.64. The van der Waals surface area contributed by atoms with E-state index >= 15 is 0 Å². The molecular weight excluding hydrogens is 441 g/mol. The SMILES string of the molecule is COc1ccc2c(c1)SC(CC(=O)O)C(=S)N2Cc1ccc(Br)cc1F. The van der Waals surface area contributed by atoms with Gasteiger partial charge in [0.15, 0.2) is 0 Å². The van der Waals surface area contributed by atoms with Crippen LogP contribution in [0.1, 0.15) is 12.0 Å². The van der Waals surface area contributed by atoms with E-state index in [0.717, 1.165) is 10.6 Å². The average Bonchev–Trinajstić information content (AvgIpc) is 2.59. The van der Waals surface area contributed by atoms with Gasteiger partial charge in [0.25, 0.3) is 0 Å². The van der Waals surface area contributed by atoms with Gasteiger partial charge in [-0.05, 0) is 30.3 Å². The van der Waals surface area contributed by atoms with Gasteiger partial charge in [-0.1, -0.05) is 34.2 Å². The quantitative estimate of drug-likeness (QED) is 0.648. The average molecular weight is 456 g/mol. The van der Waals surface area contributed by atoms with Gasteiger partial charge in [0, 0.05) is 14.9 Å². The lowest BCUT2D eigenvalue weighted by molar-refractivity contribution is -0.136. The van der Waals surface area contributed by atoms with Crippen molar-refractivity contribution in [2.45, 2.75) is 23.1 Å². The van der Waals surface area contributed by atoms with Crippen LogP contribution in [-0.2, 0) is 11.3 Å². The number of benzene rings is 2. The zero-order chi connectivity index (χ0) is 18.8. The van der Waals surface area contributed by atoms with E-state index in [-0.39, 0.29) is 18.8 Å². The number of anilines is 1. The monoisotopic (exact) mass is 455 g/mol. The normalized spacial score (nSPS) is 16.3. The second-order valence-electron chi connectivity index (χ2n) is 5.70. The molecule has 4 nitrogen and oxygen atoms in total. The third kappa shape index (κ3) is 4.02. The number of halogens is 2. The number of carbonyl (C=O) groups is 1. The Balaban J connectivity index is 2.00. The maximum absolute atomic E-state index is 14.3. The molecule has 1 aliphatic heterocycles. The molecule has 0 bridgehead atoms. The van der Waals surface area contributed by atoms with Gasteiger partial charge in [0.2, 0.25) is 0 Å². The van der Waals surface area contributed by atoms with Crippen LogP contribution in [0.15, 0.2) is 45.8 Å². The molecule has 2 aromatic rings. The number of hydrogen-bond acceptors (Lipinski definition) is 4. The molecule has 0 aromatic heterocycles. The molecule has 1 aliphatic rings. The van der Waals surface area contributed by atoms with Gasteiger partial charge in [-0.25, -0.2) is 4.39 Å². The summed E-state index contributed by atoms with van der Waals surface area (Å²) in [6.45, 7) is 0.230. The van der Waals surface area contributed by atoms with Crippen molar-refractivity contribution < 1.29 is 19.0 Å². The van der Waals surface area contributed by atoms with Crippen molar-refractivity contribution in [1.29, 1.82) is 0 Å². The van der Waals surface area contributed by atoms with E-state index in [9.17, 15) is 14.3 Å². The van der Waals surface area contributed by atoms with Crippen molar-refractivity contribution in [3.05, 3.63) is 52.3 Å². The third-order valence-corrected chi connectivity index (χ3v) is 6.37. The van der Waals surface area contributed by atoms with Crippen molar-refractivity contribution in [1.82, 2.24) is 0 Å². The highest BCUT2D eigenvalue weighted by Crippen LogP contribution is 2.43. The fraction of sp³-hybridized carbons (Fsp3) is 0.222. The van der Waals surface area contributed by atoms with Gasteiger partial charge in [-0.3, -0.25) is 4.79 Å². The molecule has 1 heterocycles. The number of carboxylic acids is 1.